The highest BCUT2D eigenvalue weighted by Gasteiger charge is 2.12. The molecule has 0 saturated heterocycles. The average molecular weight is 374 g/mol. The Kier molecular flexibility index (Phi) is 5.67. The second-order valence-electron chi connectivity index (χ2n) is 4.63. The molecule has 2 aromatic rings. The van der Waals surface area contributed by atoms with Crippen LogP contribution in [0.25, 0.3) is 11.6 Å². The maximum Gasteiger partial charge on any atom is 0.164 e. The summed E-state index contributed by atoms with van der Waals surface area (Å²) in [4.78, 5) is 0. The van der Waals surface area contributed by atoms with E-state index in [0.29, 0.717) is 22.8 Å². The minimum atomic E-state index is 0.531. The van der Waals surface area contributed by atoms with Gasteiger partial charge < -0.3 is 14.2 Å². The molecule has 0 unspecified atom stereocenters. The van der Waals surface area contributed by atoms with Gasteiger partial charge >= 0.3 is 0 Å². The molecule has 0 aliphatic carbocycles. The fourth-order valence-electron chi connectivity index (χ4n) is 2.13. The van der Waals surface area contributed by atoms with Gasteiger partial charge in [0.05, 0.1) is 33.0 Å². The molecule has 0 atom stereocenters. The summed E-state index contributed by atoms with van der Waals surface area (Å²) in [6, 6.07) is 13.3. The molecular weight excluding hydrogens is 358 g/mol. The zero-order chi connectivity index (χ0) is 16.8. The predicted molar refractivity (Wildman–Crippen MR) is 93.7 cm³/mol. The van der Waals surface area contributed by atoms with Crippen LogP contribution in [0, 0.1) is 11.3 Å². The number of ether oxygens (including phenoxy) is 3. The van der Waals surface area contributed by atoms with Gasteiger partial charge in [-0.2, -0.15) is 5.26 Å². The van der Waals surface area contributed by atoms with Crippen LogP contribution < -0.4 is 14.2 Å². The maximum absolute atomic E-state index is 9.47. The van der Waals surface area contributed by atoms with Gasteiger partial charge in [-0.1, -0.05) is 28.1 Å². The van der Waals surface area contributed by atoms with E-state index in [1.165, 1.54) is 0 Å². The van der Waals surface area contributed by atoms with E-state index in [1.807, 2.05) is 24.3 Å². The fourth-order valence-corrected chi connectivity index (χ4v) is 2.40. The molecule has 0 radical (unpaired) electrons. The number of allylic oxidation sites excluding steroid dienone is 1. The number of hydrogen-bond acceptors (Lipinski definition) is 4. The summed E-state index contributed by atoms with van der Waals surface area (Å²) in [5.41, 5.74) is 2.10. The number of nitriles is 1. The van der Waals surface area contributed by atoms with Crippen LogP contribution in [-0.4, -0.2) is 21.3 Å². The standard InChI is InChI=1S/C18H16BrNO3/c1-21-16-10-18(23-3)17(22-2)9-13(16)8-14(11-20)12-4-6-15(19)7-5-12/h4-10H,1-3H3. The van der Waals surface area contributed by atoms with Crippen LogP contribution in [0.1, 0.15) is 11.1 Å². The van der Waals surface area contributed by atoms with Crippen LogP contribution in [0.5, 0.6) is 17.2 Å². The van der Waals surface area contributed by atoms with E-state index < -0.39 is 0 Å². The van der Waals surface area contributed by atoms with Crippen molar-refractivity contribution in [3.63, 3.8) is 0 Å². The number of halogens is 1. The predicted octanol–water partition coefficient (Wildman–Crippen LogP) is 4.54. The van der Waals surface area contributed by atoms with Crippen molar-refractivity contribution in [1.82, 2.24) is 0 Å². The Morgan fingerprint density at radius 1 is 0.957 bits per heavy atom. The molecule has 0 bridgehead atoms. The minimum absolute atomic E-state index is 0.531. The largest absolute Gasteiger partial charge is 0.496 e. The lowest BCUT2D eigenvalue weighted by atomic mass is 10.0. The lowest BCUT2D eigenvalue weighted by Crippen LogP contribution is -1.95. The summed E-state index contributed by atoms with van der Waals surface area (Å²) < 4.78 is 16.9. The monoisotopic (exact) mass is 373 g/mol. The highest BCUT2D eigenvalue weighted by Crippen LogP contribution is 2.36. The molecule has 0 N–H and O–H groups in total. The average Bonchev–Trinajstić information content (AvgIpc) is 2.59. The van der Waals surface area contributed by atoms with Gasteiger partial charge in [0.1, 0.15) is 5.75 Å². The van der Waals surface area contributed by atoms with E-state index in [0.717, 1.165) is 15.6 Å². The normalized spacial score (nSPS) is 10.8. The topological polar surface area (TPSA) is 51.5 Å². The van der Waals surface area contributed by atoms with Crippen molar-refractivity contribution in [3.8, 4) is 23.3 Å². The Balaban J connectivity index is 2.55. The van der Waals surface area contributed by atoms with Crippen molar-refractivity contribution in [2.45, 2.75) is 0 Å². The number of nitrogens with zero attached hydrogens (tertiary/aromatic N) is 1. The quantitative estimate of drug-likeness (QED) is 0.570. The third kappa shape index (κ3) is 3.85. The first kappa shape index (κ1) is 16.9. The zero-order valence-electron chi connectivity index (χ0n) is 13.1. The lowest BCUT2D eigenvalue weighted by molar-refractivity contribution is 0.348. The SMILES string of the molecule is COc1cc(OC)c(OC)cc1C=C(C#N)c1ccc(Br)cc1. The first-order valence-corrected chi connectivity index (χ1v) is 7.60. The van der Waals surface area contributed by atoms with Crippen LogP contribution in [0.4, 0.5) is 0 Å². The lowest BCUT2D eigenvalue weighted by Gasteiger charge is -2.12. The van der Waals surface area contributed by atoms with Gasteiger partial charge in [0, 0.05) is 16.1 Å². The number of rotatable bonds is 5. The molecule has 0 spiro atoms. The molecule has 0 fully saturated rings. The van der Waals surface area contributed by atoms with Crippen molar-refractivity contribution in [2.75, 3.05) is 21.3 Å². The summed E-state index contributed by atoms with van der Waals surface area (Å²) in [5.74, 6) is 1.75. The van der Waals surface area contributed by atoms with E-state index in [-0.39, 0.29) is 0 Å². The Hall–Kier alpha value is -2.45. The van der Waals surface area contributed by atoms with Gasteiger partial charge in [0.25, 0.3) is 0 Å². The third-order valence-electron chi connectivity index (χ3n) is 3.31. The van der Waals surface area contributed by atoms with E-state index in [9.17, 15) is 5.26 Å². The van der Waals surface area contributed by atoms with E-state index in [2.05, 4.69) is 22.0 Å². The molecular formula is C18H16BrNO3. The molecule has 0 heterocycles. The van der Waals surface area contributed by atoms with Crippen molar-refractivity contribution in [3.05, 3.63) is 52.0 Å². The molecule has 23 heavy (non-hydrogen) atoms. The van der Waals surface area contributed by atoms with Gasteiger partial charge in [0.15, 0.2) is 11.5 Å². The van der Waals surface area contributed by atoms with Gasteiger partial charge in [-0.3, -0.25) is 0 Å². The van der Waals surface area contributed by atoms with Crippen molar-refractivity contribution in [1.29, 1.82) is 5.26 Å². The molecule has 0 aliphatic heterocycles. The molecule has 0 saturated carbocycles. The minimum Gasteiger partial charge on any atom is -0.496 e. The summed E-state index contributed by atoms with van der Waals surface area (Å²) in [5, 5.41) is 9.47. The van der Waals surface area contributed by atoms with Crippen LogP contribution in [0.15, 0.2) is 40.9 Å². The second-order valence-corrected chi connectivity index (χ2v) is 5.54. The highest BCUT2D eigenvalue weighted by molar-refractivity contribution is 9.10. The molecule has 4 nitrogen and oxygen atoms in total. The Morgan fingerprint density at radius 2 is 1.52 bits per heavy atom. The van der Waals surface area contributed by atoms with Gasteiger partial charge in [0.2, 0.25) is 0 Å². The van der Waals surface area contributed by atoms with Crippen molar-refractivity contribution in [2.24, 2.45) is 0 Å². The Morgan fingerprint density at radius 3 is 2.04 bits per heavy atom. The summed E-state index contributed by atoms with van der Waals surface area (Å²) in [6.07, 6.45) is 1.77. The zero-order valence-corrected chi connectivity index (χ0v) is 14.7. The summed E-state index contributed by atoms with van der Waals surface area (Å²) >= 11 is 3.39. The molecule has 2 rings (SSSR count). The first-order chi connectivity index (χ1) is 11.1. The van der Waals surface area contributed by atoms with Crippen LogP contribution >= 0.6 is 15.9 Å². The second kappa shape index (κ2) is 7.70. The number of methoxy groups -OCH3 is 3. The van der Waals surface area contributed by atoms with Crippen LogP contribution in [0.3, 0.4) is 0 Å². The van der Waals surface area contributed by atoms with Gasteiger partial charge in [-0.25, -0.2) is 0 Å². The van der Waals surface area contributed by atoms with Crippen LogP contribution in [0.2, 0.25) is 0 Å². The molecule has 0 aromatic heterocycles. The first-order valence-electron chi connectivity index (χ1n) is 6.80. The van der Waals surface area contributed by atoms with Gasteiger partial charge in [-0.15, -0.1) is 0 Å². The fraction of sp³-hybridized carbons (Fsp3) is 0.167. The third-order valence-corrected chi connectivity index (χ3v) is 3.84. The number of benzene rings is 2. The van der Waals surface area contributed by atoms with Gasteiger partial charge in [-0.05, 0) is 29.8 Å². The summed E-state index contributed by atoms with van der Waals surface area (Å²) in [7, 11) is 4.71. The van der Waals surface area contributed by atoms with Crippen molar-refractivity contribution >= 4 is 27.6 Å². The Labute approximate surface area is 144 Å². The molecule has 5 heteroatoms. The summed E-state index contributed by atoms with van der Waals surface area (Å²) in [6.45, 7) is 0. The van der Waals surface area contributed by atoms with E-state index in [1.54, 1.807) is 39.5 Å². The number of hydrogen-bond donors (Lipinski definition) is 0. The Bertz CT molecular complexity index is 761. The van der Waals surface area contributed by atoms with Crippen LogP contribution in [-0.2, 0) is 0 Å². The maximum atomic E-state index is 9.47. The highest BCUT2D eigenvalue weighted by atomic mass is 79.9. The van der Waals surface area contributed by atoms with E-state index in [4.69, 9.17) is 14.2 Å². The molecule has 0 amide bonds. The van der Waals surface area contributed by atoms with E-state index >= 15 is 0 Å². The molecule has 0 aliphatic rings. The van der Waals surface area contributed by atoms with Crippen molar-refractivity contribution < 1.29 is 14.2 Å². The smallest absolute Gasteiger partial charge is 0.164 e. The molecule has 118 valence electrons. The molecule has 2 aromatic carbocycles.